The van der Waals surface area contributed by atoms with Gasteiger partial charge in [0.2, 0.25) is 0 Å². The first kappa shape index (κ1) is 13.5. The normalized spacial score (nSPS) is 21.1. The number of rotatable bonds is 3. The van der Waals surface area contributed by atoms with E-state index in [9.17, 15) is 8.42 Å². The lowest BCUT2D eigenvalue weighted by molar-refractivity contribution is 0.250. The third kappa shape index (κ3) is 2.57. The minimum Gasteiger partial charge on any atom is -0.332 e. The van der Waals surface area contributed by atoms with Gasteiger partial charge < -0.3 is 10.7 Å². The largest absolute Gasteiger partial charge is 0.332 e. The van der Waals surface area contributed by atoms with Crippen molar-refractivity contribution in [2.45, 2.75) is 37.8 Å². The highest BCUT2D eigenvalue weighted by Gasteiger charge is 2.31. The van der Waals surface area contributed by atoms with Crippen LogP contribution in [-0.2, 0) is 10.0 Å². The fraction of sp³-hybridized carbons (Fsp3) is 0.727. The number of imidazole rings is 1. The molecule has 0 amide bonds. The van der Waals surface area contributed by atoms with E-state index in [1.54, 1.807) is 6.92 Å². The van der Waals surface area contributed by atoms with Gasteiger partial charge in [-0.2, -0.15) is 4.31 Å². The van der Waals surface area contributed by atoms with Crippen LogP contribution in [0.1, 0.15) is 25.6 Å². The Morgan fingerprint density at radius 2 is 2.11 bits per heavy atom. The van der Waals surface area contributed by atoms with E-state index in [1.165, 1.54) is 10.5 Å². The highest BCUT2D eigenvalue weighted by molar-refractivity contribution is 7.89. The number of nitrogens with zero attached hydrogens (tertiary/aromatic N) is 2. The van der Waals surface area contributed by atoms with Crippen molar-refractivity contribution in [1.82, 2.24) is 14.3 Å². The SMILES string of the molecule is Cc1ncc(S(=O)(=O)N2CCC(C(C)N)CC2)[nH]1. The average molecular weight is 272 g/mol. The number of piperidine rings is 1. The molecule has 2 heterocycles. The second-order valence-corrected chi connectivity index (χ2v) is 6.84. The molecule has 2 rings (SSSR count). The molecule has 18 heavy (non-hydrogen) atoms. The van der Waals surface area contributed by atoms with Crippen LogP contribution >= 0.6 is 0 Å². The molecule has 0 saturated carbocycles. The molecule has 0 aliphatic carbocycles. The van der Waals surface area contributed by atoms with Crippen molar-refractivity contribution in [3.63, 3.8) is 0 Å². The van der Waals surface area contributed by atoms with E-state index in [2.05, 4.69) is 9.97 Å². The van der Waals surface area contributed by atoms with Crippen LogP contribution in [0.15, 0.2) is 11.2 Å². The van der Waals surface area contributed by atoms with E-state index in [0.717, 1.165) is 12.8 Å². The quantitative estimate of drug-likeness (QED) is 0.836. The summed E-state index contributed by atoms with van der Waals surface area (Å²) in [5.74, 6) is 1.03. The molecule has 0 radical (unpaired) electrons. The van der Waals surface area contributed by atoms with Crippen LogP contribution in [0.3, 0.4) is 0 Å². The van der Waals surface area contributed by atoms with Gasteiger partial charge in [-0.25, -0.2) is 13.4 Å². The molecule has 3 N–H and O–H groups in total. The Kier molecular flexibility index (Phi) is 3.74. The van der Waals surface area contributed by atoms with Crippen LogP contribution < -0.4 is 5.73 Å². The first-order valence-electron chi connectivity index (χ1n) is 6.18. The zero-order valence-corrected chi connectivity index (χ0v) is 11.6. The lowest BCUT2D eigenvalue weighted by Gasteiger charge is -2.32. The minimum absolute atomic E-state index is 0.129. The van der Waals surface area contributed by atoms with Gasteiger partial charge in [0.05, 0.1) is 6.20 Å². The summed E-state index contributed by atoms with van der Waals surface area (Å²) in [7, 11) is -3.42. The number of hydrogen-bond donors (Lipinski definition) is 2. The predicted molar refractivity (Wildman–Crippen MR) is 68.5 cm³/mol. The van der Waals surface area contributed by atoms with E-state index in [0.29, 0.717) is 24.8 Å². The molecule has 1 aliphatic heterocycles. The number of hydrogen-bond acceptors (Lipinski definition) is 4. The standard InChI is InChI=1S/C11H20N4O2S/c1-8(12)10-3-5-15(6-4-10)18(16,17)11-7-13-9(2)14-11/h7-8,10H,3-6,12H2,1-2H3,(H,13,14). The van der Waals surface area contributed by atoms with Crippen molar-refractivity contribution < 1.29 is 8.42 Å². The predicted octanol–water partition coefficient (Wildman–Crippen LogP) is 0.466. The summed E-state index contributed by atoms with van der Waals surface area (Å²) in [6.07, 6.45) is 3.02. The van der Waals surface area contributed by atoms with Gasteiger partial charge in [-0.1, -0.05) is 0 Å². The summed E-state index contributed by atoms with van der Waals surface area (Å²) in [5, 5.41) is 0.180. The molecular formula is C11H20N4O2S. The Balaban J connectivity index is 2.09. The summed E-state index contributed by atoms with van der Waals surface area (Å²) in [5.41, 5.74) is 5.85. The van der Waals surface area contributed by atoms with Crippen LogP contribution in [0.2, 0.25) is 0 Å². The van der Waals surface area contributed by atoms with Crippen LogP contribution in [-0.4, -0.2) is 41.8 Å². The molecule has 102 valence electrons. The van der Waals surface area contributed by atoms with Crippen molar-refractivity contribution in [2.24, 2.45) is 11.7 Å². The third-order valence-corrected chi connectivity index (χ3v) is 5.35. The Morgan fingerprint density at radius 3 is 2.56 bits per heavy atom. The average Bonchev–Trinajstić information content (AvgIpc) is 2.76. The Bertz CT molecular complexity index is 501. The summed E-state index contributed by atoms with van der Waals surface area (Å²) >= 11 is 0. The van der Waals surface area contributed by atoms with Crippen molar-refractivity contribution in [2.75, 3.05) is 13.1 Å². The van der Waals surface area contributed by atoms with Crippen LogP contribution in [0.5, 0.6) is 0 Å². The molecule has 1 aromatic rings. The number of nitrogens with one attached hydrogen (secondary N) is 1. The third-order valence-electron chi connectivity index (χ3n) is 3.54. The van der Waals surface area contributed by atoms with Crippen molar-refractivity contribution in [1.29, 1.82) is 0 Å². The lowest BCUT2D eigenvalue weighted by Crippen LogP contribution is -2.42. The van der Waals surface area contributed by atoms with E-state index in [4.69, 9.17) is 5.73 Å². The molecule has 7 heteroatoms. The molecule has 1 aromatic heterocycles. The van der Waals surface area contributed by atoms with Crippen LogP contribution in [0.25, 0.3) is 0 Å². The van der Waals surface area contributed by atoms with Gasteiger partial charge in [-0.3, -0.25) is 0 Å². The van der Waals surface area contributed by atoms with Gasteiger partial charge in [0, 0.05) is 19.1 Å². The molecule has 1 atom stereocenters. The molecule has 1 fully saturated rings. The highest BCUT2D eigenvalue weighted by atomic mass is 32.2. The van der Waals surface area contributed by atoms with Gasteiger partial charge in [-0.05, 0) is 32.6 Å². The Morgan fingerprint density at radius 1 is 1.50 bits per heavy atom. The van der Waals surface area contributed by atoms with Gasteiger partial charge in [0.25, 0.3) is 10.0 Å². The van der Waals surface area contributed by atoms with Crippen molar-refractivity contribution in [3.05, 3.63) is 12.0 Å². The molecule has 0 aromatic carbocycles. The second kappa shape index (κ2) is 4.99. The molecule has 6 nitrogen and oxygen atoms in total. The maximum atomic E-state index is 12.3. The zero-order chi connectivity index (χ0) is 13.3. The molecular weight excluding hydrogens is 252 g/mol. The van der Waals surface area contributed by atoms with Crippen LogP contribution in [0.4, 0.5) is 0 Å². The van der Waals surface area contributed by atoms with E-state index in [-0.39, 0.29) is 11.1 Å². The maximum Gasteiger partial charge on any atom is 0.260 e. The Hall–Kier alpha value is -0.920. The first-order valence-corrected chi connectivity index (χ1v) is 7.62. The zero-order valence-electron chi connectivity index (χ0n) is 10.8. The monoisotopic (exact) mass is 272 g/mol. The number of sulfonamides is 1. The smallest absolute Gasteiger partial charge is 0.260 e. The van der Waals surface area contributed by atoms with E-state index in [1.807, 2.05) is 6.92 Å². The fourth-order valence-corrected chi connectivity index (χ4v) is 3.74. The summed E-state index contributed by atoms with van der Waals surface area (Å²) in [4.78, 5) is 6.72. The Labute approximate surface area is 108 Å². The number of aromatic amines is 1. The molecule has 1 saturated heterocycles. The molecule has 0 bridgehead atoms. The van der Waals surface area contributed by atoms with E-state index >= 15 is 0 Å². The van der Waals surface area contributed by atoms with Gasteiger partial charge >= 0.3 is 0 Å². The second-order valence-electron chi connectivity index (χ2n) is 4.93. The molecule has 1 unspecified atom stereocenters. The van der Waals surface area contributed by atoms with Gasteiger partial charge in [-0.15, -0.1) is 0 Å². The summed E-state index contributed by atoms with van der Waals surface area (Å²) in [6.45, 7) is 4.79. The van der Waals surface area contributed by atoms with Crippen molar-refractivity contribution in [3.8, 4) is 0 Å². The van der Waals surface area contributed by atoms with Gasteiger partial charge in [0.1, 0.15) is 5.82 Å². The maximum absolute atomic E-state index is 12.3. The minimum atomic E-state index is -3.42. The topological polar surface area (TPSA) is 92.1 Å². The number of H-pyrrole nitrogens is 1. The lowest BCUT2D eigenvalue weighted by atomic mass is 9.92. The van der Waals surface area contributed by atoms with Crippen molar-refractivity contribution >= 4 is 10.0 Å². The number of nitrogens with two attached hydrogens (primary N) is 1. The molecule has 0 spiro atoms. The van der Waals surface area contributed by atoms with Crippen LogP contribution in [0, 0.1) is 12.8 Å². The van der Waals surface area contributed by atoms with Gasteiger partial charge in [0.15, 0.2) is 5.03 Å². The summed E-state index contributed by atoms with van der Waals surface area (Å²) in [6, 6.07) is 0.129. The first-order chi connectivity index (χ1) is 8.41. The molecule has 1 aliphatic rings. The number of aromatic nitrogens is 2. The summed E-state index contributed by atoms with van der Waals surface area (Å²) < 4.78 is 26.1. The number of aryl methyl sites for hydroxylation is 1. The highest BCUT2D eigenvalue weighted by Crippen LogP contribution is 2.24. The van der Waals surface area contributed by atoms with E-state index < -0.39 is 10.0 Å². The fourth-order valence-electron chi connectivity index (χ4n) is 2.31.